The van der Waals surface area contributed by atoms with E-state index in [0.717, 1.165) is 28.6 Å². The van der Waals surface area contributed by atoms with Crippen LogP contribution in [0.3, 0.4) is 0 Å². The Morgan fingerprint density at radius 2 is 1.85 bits per heavy atom. The van der Waals surface area contributed by atoms with Gasteiger partial charge in [-0.25, -0.2) is 4.39 Å². The number of amides is 1. The summed E-state index contributed by atoms with van der Waals surface area (Å²) in [4.78, 5) is 12.0. The number of nitrogens with one attached hydrogen (secondary N) is 2. The molecule has 0 aliphatic carbocycles. The van der Waals surface area contributed by atoms with E-state index < -0.39 is 0 Å². The van der Waals surface area contributed by atoms with Crippen molar-refractivity contribution in [3.63, 3.8) is 0 Å². The summed E-state index contributed by atoms with van der Waals surface area (Å²) in [7, 11) is 0. The second kappa shape index (κ2) is 9.85. The van der Waals surface area contributed by atoms with E-state index in [-0.39, 0.29) is 23.9 Å². The number of carbonyl (C=O) groups is 1. The predicted octanol–water partition coefficient (Wildman–Crippen LogP) is 4.21. The first-order valence-electron chi connectivity index (χ1n) is 8.90. The molecule has 0 fully saturated rings. The number of ether oxygens (including phenoxy) is 1. The van der Waals surface area contributed by atoms with Gasteiger partial charge in [-0.1, -0.05) is 28.1 Å². The van der Waals surface area contributed by atoms with Crippen LogP contribution in [0.1, 0.15) is 31.9 Å². The summed E-state index contributed by atoms with van der Waals surface area (Å²) in [6, 6.07) is 12.2. The molecule has 0 spiro atoms. The zero-order valence-corrected chi connectivity index (χ0v) is 17.5. The summed E-state index contributed by atoms with van der Waals surface area (Å²) >= 11 is 3.47. The van der Waals surface area contributed by atoms with Crippen molar-refractivity contribution < 1.29 is 13.9 Å². The zero-order chi connectivity index (χ0) is 19.9. The van der Waals surface area contributed by atoms with Crippen molar-refractivity contribution in [2.45, 2.75) is 39.3 Å². The van der Waals surface area contributed by atoms with Gasteiger partial charge in [0.2, 0.25) is 0 Å². The van der Waals surface area contributed by atoms with Crippen molar-refractivity contribution in [3.05, 3.63) is 63.9 Å². The Labute approximate surface area is 168 Å². The largest absolute Gasteiger partial charge is 0.483 e. The lowest BCUT2D eigenvalue weighted by atomic mass is 10.1. The molecule has 2 N–H and O–H groups in total. The Morgan fingerprint density at radius 1 is 1.15 bits per heavy atom. The van der Waals surface area contributed by atoms with Crippen molar-refractivity contribution in [1.29, 1.82) is 0 Å². The molecule has 0 aliphatic rings. The summed E-state index contributed by atoms with van der Waals surface area (Å²) < 4.78 is 19.6. The molecule has 0 atom stereocenters. The van der Waals surface area contributed by atoms with Crippen molar-refractivity contribution >= 4 is 21.8 Å². The van der Waals surface area contributed by atoms with E-state index in [2.05, 4.69) is 26.6 Å². The Balaban J connectivity index is 1.87. The van der Waals surface area contributed by atoms with Crippen LogP contribution in [0.15, 0.2) is 46.9 Å². The van der Waals surface area contributed by atoms with Crippen LogP contribution in [0.25, 0.3) is 0 Å². The van der Waals surface area contributed by atoms with Crippen molar-refractivity contribution in [1.82, 2.24) is 10.6 Å². The summed E-state index contributed by atoms with van der Waals surface area (Å²) in [5, 5.41) is 6.24. The second-order valence-electron chi connectivity index (χ2n) is 7.39. The van der Waals surface area contributed by atoms with Crippen molar-refractivity contribution in [3.8, 4) is 5.75 Å². The molecule has 0 bridgehead atoms. The van der Waals surface area contributed by atoms with Gasteiger partial charge in [0.25, 0.3) is 5.91 Å². The summed E-state index contributed by atoms with van der Waals surface area (Å²) in [6.07, 6.45) is 0.804. The first kappa shape index (κ1) is 21.4. The van der Waals surface area contributed by atoms with Gasteiger partial charge in [-0.15, -0.1) is 0 Å². The van der Waals surface area contributed by atoms with Crippen LogP contribution in [0.2, 0.25) is 0 Å². The summed E-state index contributed by atoms with van der Waals surface area (Å²) in [5.74, 6) is 0.301. The molecule has 0 unspecified atom stereocenters. The standard InChI is InChI=1S/C21H26BrFN2O2/c1-21(2,3)25-20(26)14-27-19-9-6-17(22)12-16(19)13-24-11-10-15-4-7-18(23)8-5-15/h4-9,12,24H,10-11,13-14H2,1-3H3,(H,25,26). The third-order valence-corrected chi connectivity index (χ3v) is 4.21. The highest BCUT2D eigenvalue weighted by atomic mass is 79.9. The van der Waals surface area contributed by atoms with E-state index in [1.165, 1.54) is 12.1 Å². The SMILES string of the molecule is CC(C)(C)NC(=O)COc1ccc(Br)cc1CNCCc1ccc(F)cc1. The van der Waals surface area contributed by atoms with E-state index in [9.17, 15) is 9.18 Å². The molecule has 0 aromatic heterocycles. The summed E-state index contributed by atoms with van der Waals surface area (Å²) in [6.45, 7) is 7.13. The molecule has 6 heteroatoms. The van der Waals surface area contributed by atoms with Gasteiger partial charge in [0.05, 0.1) is 0 Å². The van der Waals surface area contributed by atoms with Gasteiger partial charge in [-0.3, -0.25) is 4.79 Å². The average molecular weight is 437 g/mol. The number of benzene rings is 2. The third-order valence-electron chi connectivity index (χ3n) is 3.71. The Morgan fingerprint density at radius 3 is 2.52 bits per heavy atom. The molecule has 2 aromatic carbocycles. The fourth-order valence-corrected chi connectivity index (χ4v) is 2.94. The van der Waals surface area contributed by atoms with Crippen LogP contribution in [0.5, 0.6) is 5.75 Å². The maximum atomic E-state index is 12.9. The topological polar surface area (TPSA) is 50.4 Å². The number of carbonyl (C=O) groups excluding carboxylic acids is 1. The first-order valence-corrected chi connectivity index (χ1v) is 9.70. The normalized spacial score (nSPS) is 11.3. The molecule has 2 rings (SSSR count). The zero-order valence-electron chi connectivity index (χ0n) is 15.9. The van der Waals surface area contributed by atoms with Gasteiger partial charge in [0.15, 0.2) is 6.61 Å². The molecule has 1 amide bonds. The lowest BCUT2D eigenvalue weighted by molar-refractivity contribution is -0.124. The van der Waals surface area contributed by atoms with Gasteiger partial charge in [0.1, 0.15) is 11.6 Å². The van der Waals surface area contributed by atoms with E-state index in [1.54, 1.807) is 12.1 Å². The van der Waals surface area contributed by atoms with E-state index in [1.807, 2.05) is 39.0 Å². The molecule has 146 valence electrons. The molecule has 0 saturated carbocycles. The van der Waals surface area contributed by atoms with Crippen LogP contribution in [0.4, 0.5) is 4.39 Å². The molecule has 27 heavy (non-hydrogen) atoms. The van der Waals surface area contributed by atoms with Crippen LogP contribution < -0.4 is 15.4 Å². The minimum Gasteiger partial charge on any atom is -0.483 e. The van der Waals surface area contributed by atoms with Crippen LogP contribution in [0, 0.1) is 5.82 Å². The van der Waals surface area contributed by atoms with Crippen LogP contribution >= 0.6 is 15.9 Å². The van der Waals surface area contributed by atoms with Crippen molar-refractivity contribution in [2.75, 3.05) is 13.2 Å². The number of halogens is 2. The molecular formula is C21H26BrFN2O2. The Kier molecular flexibility index (Phi) is 7.80. The van der Waals surface area contributed by atoms with Gasteiger partial charge < -0.3 is 15.4 Å². The van der Waals surface area contributed by atoms with Crippen LogP contribution in [-0.2, 0) is 17.8 Å². The van der Waals surface area contributed by atoms with Gasteiger partial charge in [0, 0.05) is 22.1 Å². The summed E-state index contributed by atoms with van der Waals surface area (Å²) in [5.41, 5.74) is 1.76. The van der Waals surface area contributed by atoms with Crippen LogP contribution in [-0.4, -0.2) is 24.6 Å². The molecule has 0 heterocycles. The molecule has 0 aliphatic heterocycles. The molecule has 4 nitrogen and oxygen atoms in total. The van der Waals surface area contributed by atoms with E-state index in [0.29, 0.717) is 12.3 Å². The highest BCUT2D eigenvalue weighted by molar-refractivity contribution is 9.10. The average Bonchev–Trinajstić information content (AvgIpc) is 2.58. The van der Waals surface area contributed by atoms with Crippen molar-refractivity contribution in [2.24, 2.45) is 0 Å². The predicted molar refractivity (Wildman–Crippen MR) is 109 cm³/mol. The quantitative estimate of drug-likeness (QED) is 0.609. The van der Waals surface area contributed by atoms with Gasteiger partial charge in [-0.05, 0) is 69.6 Å². The maximum absolute atomic E-state index is 12.9. The third kappa shape index (κ3) is 8.10. The van der Waals surface area contributed by atoms with E-state index in [4.69, 9.17) is 4.74 Å². The molecule has 0 saturated heterocycles. The first-order chi connectivity index (χ1) is 12.7. The maximum Gasteiger partial charge on any atom is 0.258 e. The fraction of sp³-hybridized carbons (Fsp3) is 0.381. The Hall–Kier alpha value is -1.92. The van der Waals surface area contributed by atoms with E-state index >= 15 is 0 Å². The highest BCUT2D eigenvalue weighted by Crippen LogP contribution is 2.23. The number of hydrogen-bond donors (Lipinski definition) is 2. The lowest BCUT2D eigenvalue weighted by Gasteiger charge is -2.21. The number of hydrogen-bond acceptors (Lipinski definition) is 3. The minimum atomic E-state index is -0.287. The Bertz CT molecular complexity index is 758. The lowest BCUT2D eigenvalue weighted by Crippen LogP contribution is -2.43. The molecule has 2 aromatic rings. The molecule has 0 radical (unpaired) electrons. The smallest absolute Gasteiger partial charge is 0.258 e. The van der Waals surface area contributed by atoms with Gasteiger partial charge in [-0.2, -0.15) is 0 Å². The molecular weight excluding hydrogens is 411 g/mol. The fourth-order valence-electron chi connectivity index (χ4n) is 2.53. The minimum absolute atomic E-state index is 0.0263. The highest BCUT2D eigenvalue weighted by Gasteiger charge is 2.14. The second-order valence-corrected chi connectivity index (χ2v) is 8.31. The van der Waals surface area contributed by atoms with Gasteiger partial charge >= 0.3 is 0 Å². The number of rotatable bonds is 8. The monoisotopic (exact) mass is 436 g/mol.